The Morgan fingerprint density at radius 1 is 1.24 bits per heavy atom. The molecule has 1 aromatic carbocycles. The molecule has 0 saturated carbocycles. The van der Waals surface area contributed by atoms with Gasteiger partial charge in [0, 0.05) is 61.0 Å². The van der Waals surface area contributed by atoms with Crippen molar-refractivity contribution in [2.24, 2.45) is 0 Å². The van der Waals surface area contributed by atoms with Crippen molar-refractivity contribution in [2.45, 2.75) is 25.7 Å². The highest BCUT2D eigenvalue weighted by molar-refractivity contribution is 6.00. The zero-order valence-corrected chi connectivity index (χ0v) is 18.8. The van der Waals surface area contributed by atoms with Crippen molar-refractivity contribution in [2.75, 3.05) is 48.8 Å². The molecule has 1 fully saturated rings. The van der Waals surface area contributed by atoms with Crippen LogP contribution in [0.2, 0.25) is 0 Å². The molecule has 8 heteroatoms. The Morgan fingerprint density at radius 2 is 2.09 bits per heavy atom. The molecule has 2 aliphatic rings. The number of anilines is 3. The van der Waals surface area contributed by atoms with Gasteiger partial charge in [-0.1, -0.05) is 13.0 Å². The topological polar surface area (TPSA) is 106 Å². The number of aromatic nitrogens is 3. The molecule has 33 heavy (non-hydrogen) atoms. The minimum absolute atomic E-state index is 0.147. The van der Waals surface area contributed by atoms with Crippen LogP contribution < -0.4 is 16.0 Å². The van der Waals surface area contributed by atoms with E-state index in [1.807, 2.05) is 12.1 Å². The third-order valence-corrected chi connectivity index (χ3v) is 6.42. The lowest BCUT2D eigenvalue weighted by Gasteiger charge is -2.30. The number of nitrogens with two attached hydrogens (primary N) is 1. The molecule has 2 aromatic heterocycles. The van der Waals surface area contributed by atoms with Crippen LogP contribution >= 0.6 is 0 Å². The van der Waals surface area contributed by atoms with Gasteiger partial charge in [-0.25, -0.2) is 9.97 Å². The normalized spacial score (nSPS) is 17.8. The first-order valence-corrected chi connectivity index (χ1v) is 11.4. The zero-order valence-electron chi connectivity index (χ0n) is 18.8. The summed E-state index contributed by atoms with van der Waals surface area (Å²) in [5.41, 5.74) is 12.1. The molecule has 1 unspecified atom stereocenters. The Bertz CT molecular complexity index is 1180. The van der Waals surface area contributed by atoms with Gasteiger partial charge >= 0.3 is 0 Å². The third-order valence-electron chi connectivity index (χ3n) is 6.42. The fourth-order valence-corrected chi connectivity index (χ4v) is 4.54. The molecular weight excluding hydrogens is 416 g/mol. The Labute approximate surface area is 193 Å². The number of morpholine rings is 1. The largest absolute Gasteiger partial charge is 0.385 e. The first kappa shape index (κ1) is 21.3. The lowest BCUT2D eigenvalue weighted by molar-refractivity contribution is 0.0988. The van der Waals surface area contributed by atoms with Crippen LogP contribution in [-0.2, 0) is 11.2 Å². The van der Waals surface area contributed by atoms with E-state index in [9.17, 15) is 4.79 Å². The Morgan fingerprint density at radius 3 is 2.94 bits per heavy atom. The monoisotopic (exact) mass is 444 g/mol. The van der Waals surface area contributed by atoms with Crippen LogP contribution in [0.1, 0.15) is 40.9 Å². The Kier molecular flexibility index (Phi) is 5.92. The molecule has 0 bridgehead atoms. The van der Waals surface area contributed by atoms with Crippen molar-refractivity contribution in [1.29, 1.82) is 0 Å². The molecule has 0 amide bonds. The van der Waals surface area contributed by atoms with E-state index in [1.54, 1.807) is 18.6 Å². The van der Waals surface area contributed by atoms with Crippen molar-refractivity contribution in [3.8, 4) is 11.3 Å². The van der Waals surface area contributed by atoms with Gasteiger partial charge in [0.2, 0.25) is 0 Å². The van der Waals surface area contributed by atoms with E-state index in [2.05, 4.69) is 44.2 Å². The second-order valence-electron chi connectivity index (χ2n) is 8.61. The number of benzene rings is 1. The summed E-state index contributed by atoms with van der Waals surface area (Å²) in [5.74, 6) is 0.444. The molecule has 170 valence electrons. The van der Waals surface area contributed by atoms with Crippen LogP contribution in [0.3, 0.4) is 0 Å². The van der Waals surface area contributed by atoms with Crippen molar-refractivity contribution in [3.05, 3.63) is 59.7 Å². The fourth-order valence-electron chi connectivity index (χ4n) is 4.54. The summed E-state index contributed by atoms with van der Waals surface area (Å²) in [6.07, 6.45) is 6.38. The number of hydrogen-bond acceptors (Lipinski definition) is 8. The minimum atomic E-state index is -0.169. The number of hydrogen-bond donors (Lipinski definition) is 2. The van der Waals surface area contributed by atoms with E-state index < -0.39 is 0 Å². The summed E-state index contributed by atoms with van der Waals surface area (Å²) >= 11 is 0. The molecule has 0 spiro atoms. The highest BCUT2D eigenvalue weighted by Crippen LogP contribution is 2.34. The first-order valence-electron chi connectivity index (χ1n) is 11.4. The predicted molar refractivity (Wildman–Crippen MR) is 129 cm³/mol. The number of Topliss-reactive ketones (excluding diaryl/α,β-unsaturated/α-hetero) is 1. The van der Waals surface area contributed by atoms with Gasteiger partial charge in [-0.3, -0.25) is 9.78 Å². The highest BCUT2D eigenvalue weighted by Gasteiger charge is 2.21. The second kappa shape index (κ2) is 9.15. The molecule has 4 heterocycles. The third kappa shape index (κ3) is 4.39. The van der Waals surface area contributed by atoms with E-state index in [1.165, 1.54) is 5.56 Å². The molecule has 2 aliphatic heterocycles. The molecule has 1 atom stereocenters. The summed E-state index contributed by atoms with van der Waals surface area (Å²) in [4.78, 5) is 28.7. The van der Waals surface area contributed by atoms with E-state index >= 15 is 0 Å². The number of carbonyl (C=O) groups is 1. The Balaban J connectivity index is 1.43. The van der Waals surface area contributed by atoms with Crippen LogP contribution in [0.15, 0.2) is 42.9 Å². The van der Waals surface area contributed by atoms with Gasteiger partial charge in [0.25, 0.3) is 0 Å². The molecular formula is C25H28N6O2. The standard InChI is InChI=1S/C25H28N6O2/c1-16-4-7-28-20-3-2-17(12-19(16)20)21-15-29-25(26)24(30-21)23(32)13-18-14-27-6-5-22(18)31-8-10-33-11-9-31/h2-3,5-6,12,14-16,28H,4,7-11,13H2,1H3,(H2,26,29). The Hall–Kier alpha value is -3.52. The highest BCUT2D eigenvalue weighted by atomic mass is 16.5. The van der Waals surface area contributed by atoms with E-state index in [4.69, 9.17) is 10.5 Å². The maximum absolute atomic E-state index is 13.3. The number of fused-ring (bicyclic) bond motifs is 1. The van der Waals surface area contributed by atoms with Gasteiger partial charge in [0.1, 0.15) is 5.69 Å². The van der Waals surface area contributed by atoms with E-state index in [0.29, 0.717) is 24.8 Å². The average molecular weight is 445 g/mol. The van der Waals surface area contributed by atoms with Crippen LogP contribution in [0.5, 0.6) is 0 Å². The minimum Gasteiger partial charge on any atom is -0.385 e. The van der Waals surface area contributed by atoms with Crippen molar-refractivity contribution < 1.29 is 9.53 Å². The quantitative estimate of drug-likeness (QED) is 0.578. The summed E-state index contributed by atoms with van der Waals surface area (Å²) in [6.45, 7) is 6.13. The van der Waals surface area contributed by atoms with Crippen molar-refractivity contribution >= 4 is 23.0 Å². The average Bonchev–Trinajstić information content (AvgIpc) is 2.85. The first-order chi connectivity index (χ1) is 16.1. The smallest absolute Gasteiger partial charge is 0.189 e. The molecule has 3 N–H and O–H groups in total. The molecule has 3 aromatic rings. The fraction of sp³-hybridized carbons (Fsp3) is 0.360. The number of ketones is 1. The number of nitrogen functional groups attached to an aromatic ring is 1. The van der Waals surface area contributed by atoms with Gasteiger partial charge in [-0.05, 0) is 36.1 Å². The van der Waals surface area contributed by atoms with Gasteiger partial charge < -0.3 is 20.7 Å². The number of nitrogens with one attached hydrogen (secondary N) is 1. The summed E-state index contributed by atoms with van der Waals surface area (Å²) in [6, 6.07) is 8.17. The SMILES string of the molecule is CC1CCNc2ccc(-c3cnc(N)c(C(=O)Cc4cnccc4N4CCOCC4)n3)cc21. The van der Waals surface area contributed by atoms with Crippen molar-refractivity contribution in [1.82, 2.24) is 15.0 Å². The van der Waals surface area contributed by atoms with Crippen LogP contribution in [0, 0.1) is 0 Å². The van der Waals surface area contributed by atoms with Crippen LogP contribution in [0.4, 0.5) is 17.2 Å². The van der Waals surface area contributed by atoms with Gasteiger partial charge in [0.15, 0.2) is 11.6 Å². The number of rotatable bonds is 5. The van der Waals surface area contributed by atoms with Crippen LogP contribution in [0.25, 0.3) is 11.3 Å². The van der Waals surface area contributed by atoms with Gasteiger partial charge in [-0.2, -0.15) is 0 Å². The molecule has 0 radical (unpaired) electrons. The summed E-state index contributed by atoms with van der Waals surface area (Å²) < 4.78 is 5.46. The van der Waals surface area contributed by atoms with E-state index in [0.717, 1.165) is 48.6 Å². The zero-order chi connectivity index (χ0) is 22.8. The van der Waals surface area contributed by atoms with E-state index in [-0.39, 0.29) is 23.7 Å². The number of carbonyl (C=O) groups excluding carboxylic acids is 1. The van der Waals surface area contributed by atoms with Crippen molar-refractivity contribution in [3.63, 3.8) is 0 Å². The lowest BCUT2D eigenvalue weighted by Crippen LogP contribution is -2.37. The predicted octanol–water partition coefficient (Wildman–Crippen LogP) is 3.30. The number of nitrogens with zero attached hydrogens (tertiary/aromatic N) is 4. The summed E-state index contributed by atoms with van der Waals surface area (Å²) in [7, 11) is 0. The van der Waals surface area contributed by atoms with Gasteiger partial charge in [0.05, 0.1) is 25.1 Å². The number of pyridine rings is 1. The van der Waals surface area contributed by atoms with Crippen LogP contribution in [-0.4, -0.2) is 53.6 Å². The molecule has 1 saturated heterocycles. The lowest BCUT2D eigenvalue weighted by atomic mass is 9.91. The summed E-state index contributed by atoms with van der Waals surface area (Å²) in [5, 5.41) is 3.44. The number of ether oxygens (including phenoxy) is 1. The molecule has 8 nitrogen and oxygen atoms in total. The maximum Gasteiger partial charge on any atom is 0.189 e. The molecule has 5 rings (SSSR count). The van der Waals surface area contributed by atoms with Gasteiger partial charge in [-0.15, -0.1) is 0 Å². The second-order valence-corrected chi connectivity index (χ2v) is 8.61. The molecule has 0 aliphatic carbocycles. The maximum atomic E-state index is 13.3.